The number of nitrogens with zero attached hydrogens (tertiary/aromatic N) is 4. The number of aryl methyl sites for hydroxylation is 1. The van der Waals surface area contributed by atoms with E-state index < -0.39 is 0 Å². The Labute approximate surface area is 149 Å². The summed E-state index contributed by atoms with van der Waals surface area (Å²) in [6, 6.07) is 10.1. The molecule has 1 fully saturated rings. The van der Waals surface area contributed by atoms with Gasteiger partial charge >= 0.3 is 0 Å². The molecule has 0 aliphatic carbocycles. The monoisotopic (exact) mass is 338 g/mol. The van der Waals surface area contributed by atoms with Crippen molar-refractivity contribution in [2.45, 2.75) is 26.2 Å². The molecule has 0 saturated carbocycles. The largest absolute Gasteiger partial charge is 0.370 e. The molecular formula is C19H26N6. The highest BCUT2D eigenvalue weighted by Gasteiger charge is 2.21. The number of nitrogens with two attached hydrogens (primary N) is 1. The lowest BCUT2D eigenvalue weighted by Crippen LogP contribution is -2.38. The predicted octanol–water partition coefficient (Wildman–Crippen LogP) is 2.68. The Balaban J connectivity index is 1.53. The first-order chi connectivity index (χ1) is 12.2. The number of aromatic nitrogens is 2. The number of anilines is 2. The van der Waals surface area contributed by atoms with Gasteiger partial charge in [0.25, 0.3) is 0 Å². The summed E-state index contributed by atoms with van der Waals surface area (Å²) in [6.07, 6.45) is 6.90. The third-order valence-corrected chi connectivity index (χ3v) is 4.51. The molecule has 3 N–H and O–H groups in total. The van der Waals surface area contributed by atoms with Crippen LogP contribution < -0.4 is 16.0 Å². The quantitative estimate of drug-likeness (QED) is 0.647. The average molecular weight is 338 g/mol. The van der Waals surface area contributed by atoms with Crippen molar-refractivity contribution in [3.05, 3.63) is 48.3 Å². The van der Waals surface area contributed by atoms with Crippen LogP contribution in [0.25, 0.3) is 0 Å². The zero-order chi connectivity index (χ0) is 17.5. The van der Waals surface area contributed by atoms with Crippen molar-refractivity contribution < 1.29 is 0 Å². The Hall–Kier alpha value is -2.63. The van der Waals surface area contributed by atoms with Crippen LogP contribution in [0.2, 0.25) is 0 Å². The number of benzene rings is 1. The summed E-state index contributed by atoms with van der Waals surface area (Å²) in [5.41, 5.74) is 8.32. The first-order valence-corrected chi connectivity index (χ1v) is 8.92. The Morgan fingerprint density at radius 3 is 2.76 bits per heavy atom. The summed E-state index contributed by atoms with van der Waals surface area (Å²) < 4.78 is 0. The minimum Gasteiger partial charge on any atom is -0.370 e. The normalized spacial score (nSPS) is 18.2. The van der Waals surface area contributed by atoms with Crippen molar-refractivity contribution >= 4 is 17.6 Å². The molecule has 1 aromatic carbocycles. The Kier molecular flexibility index (Phi) is 5.82. The van der Waals surface area contributed by atoms with Gasteiger partial charge in [0.1, 0.15) is 0 Å². The van der Waals surface area contributed by atoms with Crippen LogP contribution in [0.3, 0.4) is 0 Å². The Morgan fingerprint density at radius 2 is 2.04 bits per heavy atom. The fourth-order valence-electron chi connectivity index (χ4n) is 3.09. The molecule has 0 spiro atoms. The van der Waals surface area contributed by atoms with E-state index in [9.17, 15) is 0 Å². The van der Waals surface area contributed by atoms with Crippen LogP contribution in [0.15, 0.2) is 47.7 Å². The fraction of sp³-hybridized carbons (Fsp3) is 0.421. The third-order valence-electron chi connectivity index (χ3n) is 4.51. The van der Waals surface area contributed by atoms with Crippen LogP contribution in [0.4, 0.5) is 11.6 Å². The van der Waals surface area contributed by atoms with E-state index in [0.29, 0.717) is 11.9 Å². The summed E-state index contributed by atoms with van der Waals surface area (Å²) in [4.78, 5) is 15.5. The minimum absolute atomic E-state index is 0.470. The SMILES string of the molecule is CCc1ccc(NC(N)=NCC2CCCN(c3ncccn3)C2)cc1. The molecule has 2 aromatic rings. The summed E-state index contributed by atoms with van der Waals surface area (Å²) in [6.45, 7) is 4.79. The van der Waals surface area contributed by atoms with Gasteiger partial charge in [0, 0.05) is 37.7 Å². The van der Waals surface area contributed by atoms with Crippen molar-refractivity contribution in [1.29, 1.82) is 0 Å². The Bertz CT molecular complexity index is 683. The summed E-state index contributed by atoms with van der Waals surface area (Å²) >= 11 is 0. The van der Waals surface area contributed by atoms with Crippen molar-refractivity contribution in [2.75, 3.05) is 29.9 Å². The van der Waals surface area contributed by atoms with Crippen molar-refractivity contribution in [3.63, 3.8) is 0 Å². The second kappa shape index (κ2) is 8.46. The molecule has 1 unspecified atom stereocenters. The number of aliphatic imine (C=N–C) groups is 1. The van der Waals surface area contributed by atoms with E-state index in [4.69, 9.17) is 5.73 Å². The molecule has 0 radical (unpaired) electrons. The van der Waals surface area contributed by atoms with Gasteiger partial charge in [0.2, 0.25) is 5.95 Å². The number of guanidine groups is 1. The molecule has 1 aliphatic heterocycles. The van der Waals surface area contributed by atoms with Gasteiger partial charge in [-0.1, -0.05) is 19.1 Å². The predicted molar refractivity (Wildman–Crippen MR) is 103 cm³/mol. The molecular weight excluding hydrogens is 312 g/mol. The molecule has 1 atom stereocenters. The second-order valence-corrected chi connectivity index (χ2v) is 6.40. The number of hydrogen-bond acceptors (Lipinski definition) is 4. The zero-order valence-corrected chi connectivity index (χ0v) is 14.7. The highest BCUT2D eigenvalue weighted by molar-refractivity contribution is 5.92. The van der Waals surface area contributed by atoms with Gasteiger partial charge in [-0.25, -0.2) is 9.97 Å². The highest BCUT2D eigenvalue weighted by atomic mass is 15.3. The lowest BCUT2D eigenvalue weighted by atomic mass is 9.98. The molecule has 1 saturated heterocycles. The maximum absolute atomic E-state index is 6.04. The maximum atomic E-state index is 6.04. The van der Waals surface area contributed by atoms with Gasteiger partial charge in [0.15, 0.2) is 5.96 Å². The standard InChI is InChI=1S/C19H26N6/c1-2-15-6-8-17(9-7-15)24-18(20)23-13-16-5-3-12-25(14-16)19-21-10-4-11-22-19/h4,6-11,16H,2-3,5,12-14H2,1H3,(H3,20,23,24). The van der Waals surface area contributed by atoms with Crippen molar-refractivity contribution in [3.8, 4) is 0 Å². The molecule has 6 nitrogen and oxygen atoms in total. The first-order valence-electron chi connectivity index (χ1n) is 8.92. The van der Waals surface area contributed by atoms with Gasteiger partial charge in [-0.3, -0.25) is 4.99 Å². The smallest absolute Gasteiger partial charge is 0.225 e. The topological polar surface area (TPSA) is 79.4 Å². The average Bonchev–Trinajstić information content (AvgIpc) is 2.68. The van der Waals surface area contributed by atoms with Gasteiger partial charge in [0.05, 0.1) is 0 Å². The number of piperidine rings is 1. The lowest BCUT2D eigenvalue weighted by molar-refractivity contribution is 0.420. The van der Waals surface area contributed by atoms with Crippen molar-refractivity contribution in [1.82, 2.24) is 9.97 Å². The zero-order valence-electron chi connectivity index (χ0n) is 14.7. The fourth-order valence-corrected chi connectivity index (χ4v) is 3.09. The van der Waals surface area contributed by atoms with E-state index in [0.717, 1.165) is 50.5 Å². The van der Waals surface area contributed by atoms with Crippen molar-refractivity contribution in [2.24, 2.45) is 16.6 Å². The van der Waals surface area contributed by atoms with Crippen LogP contribution in [0, 0.1) is 5.92 Å². The number of rotatable bonds is 5. The molecule has 0 amide bonds. The van der Waals surface area contributed by atoms with E-state index in [1.807, 2.05) is 18.2 Å². The molecule has 2 heterocycles. The van der Waals surface area contributed by atoms with Crippen LogP contribution in [0.1, 0.15) is 25.3 Å². The van der Waals surface area contributed by atoms with E-state index in [2.05, 4.69) is 44.2 Å². The molecule has 1 aliphatic rings. The molecule has 25 heavy (non-hydrogen) atoms. The van der Waals surface area contributed by atoms with Gasteiger partial charge in [-0.2, -0.15) is 0 Å². The molecule has 3 rings (SSSR count). The van der Waals surface area contributed by atoms with E-state index in [-0.39, 0.29) is 0 Å². The second-order valence-electron chi connectivity index (χ2n) is 6.40. The van der Waals surface area contributed by atoms with Crippen LogP contribution >= 0.6 is 0 Å². The van der Waals surface area contributed by atoms with Crippen LogP contribution in [0.5, 0.6) is 0 Å². The summed E-state index contributed by atoms with van der Waals surface area (Å²) in [5.74, 6) is 1.75. The Morgan fingerprint density at radius 1 is 1.28 bits per heavy atom. The molecule has 1 aromatic heterocycles. The summed E-state index contributed by atoms with van der Waals surface area (Å²) in [5, 5.41) is 3.17. The van der Waals surface area contributed by atoms with Gasteiger partial charge in [-0.05, 0) is 48.9 Å². The van der Waals surface area contributed by atoms with E-state index >= 15 is 0 Å². The first kappa shape index (κ1) is 17.2. The number of hydrogen-bond donors (Lipinski definition) is 2. The van der Waals surface area contributed by atoms with Gasteiger partial charge in [-0.15, -0.1) is 0 Å². The highest BCUT2D eigenvalue weighted by Crippen LogP contribution is 2.20. The third kappa shape index (κ3) is 4.92. The van der Waals surface area contributed by atoms with Crippen LogP contribution in [-0.4, -0.2) is 35.6 Å². The summed E-state index contributed by atoms with van der Waals surface area (Å²) in [7, 11) is 0. The number of nitrogens with one attached hydrogen (secondary N) is 1. The minimum atomic E-state index is 0.470. The molecule has 0 bridgehead atoms. The lowest BCUT2D eigenvalue weighted by Gasteiger charge is -2.31. The molecule has 6 heteroatoms. The van der Waals surface area contributed by atoms with Crippen LogP contribution in [-0.2, 0) is 6.42 Å². The van der Waals surface area contributed by atoms with E-state index in [1.54, 1.807) is 12.4 Å². The molecule has 132 valence electrons. The van der Waals surface area contributed by atoms with Gasteiger partial charge < -0.3 is 16.0 Å². The van der Waals surface area contributed by atoms with E-state index in [1.165, 1.54) is 5.56 Å². The maximum Gasteiger partial charge on any atom is 0.225 e.